The molecule has 0 saturated heterocycles. The van der Waals surface area contributed by atoms with E-state index in [4.69, 9.17) is 9.47 Å². The van der Waals surface area contributed by atoms with Gasteiger partial charge in [0.25, 0.3) is 0 Å². The second-order valence-corrected chi connectivity index (χ2v) is 9.24. The van der Waals surface area contributed by atoms with Crippen molar-refractivity contribution in [2.75, 3.05) is 13.2 Å². The second kappa shape index (κ2) is 23.6. The summed E-state index contributed by atoms with van der Waals surface area (Å²) in [5, 5.41) is 0. The Morgan fingerprint density at radius 3 is 1.55 bits per heavy atom. The van der Waals surface area contributed by atoms with Crippen LogP contribution in [0.25, 0.3) is 0 Å². The van der Waals surface area contributed by atoms with Crippen LogP contribution in [0.5, 0.6) is 0 Å². The van der Waals surface area contributed by atoms with Crippen LogP contribution in [0.15, 0.2) is 0 Å². The lowest BCUT2D eigenvalue weighted by atomic mass is 9.99. The summed E-state index contributed by atoms with van der Waals surface area (Å²) in [6.45, 7) is 7.66. The van der Waals surface area contributed by atoms with Gasteiger partial charge in [-0.2, -0.15) is 0 Å². The highest BCUT2D eigenvalue weighted by Crippen LogP contribution is 2.16. The van der Waals surface area contributed by atoms with Gasteiger partial charge in [-0.05, 0) is 25.2 Å². The summed E-state index contributed by atoms with van der Waals surface area (Å²) in [6, 6.07) is 0. The molecule has 0 aromatic heterocycles. The van der Waals surface area contributed by atoms with Crippen LogP contribution in [0, 0.1) is 5.92 Å². The molecule has 31 heavy (non-hydrogen) atoms. The number of carbonyl (C=O) groups is 2. The zero-order valence-corrected chi connectivity index (χ0v) is 21.1. The summed E-state index contributed by atoms with van der Waals surface area (Å²) < 4.78 is 10.5. The van der Waals surface area contributed by atoms with Crippen LogP contribution >= 0.6 is 0 Å². The van der Waals surface area contributed by atoms with E-state index in [-0.39, 0.29) is 11.9 Å². The first-order chi connectivity index (χ1) is 15.1. The molecule has 0 aromatic carbocycles. The number of unbranched alkanes of at least 4 members (excludes halogenated alkanes) is 13. The van der Waals surface area contributed by atoms with Crippen LogP contribution in [0.1, 0.15) is 143 Å². The molecule has 0 heterocycles. The Kier molecular flexibility index (Phi) is 22.8. The number of carbonyl (C=O) groups excluding carboxylic acids is 2. The first-order valence-corrected chi connectivity index (χ1v) is 13.4. The van der Waals surface area contributed by atoms with E-state index in [1.165, 1.54) is 51.4 Å². The van der Waals surface area contributed by atoms with Crippen LogP contribution in [0.2, 0.25) is 0 Å². The summed E-state index contributed by atoms with van der Waals surface area (Å²) in [6.07, 6.45) is 21.2. The lowest BCUT2D eigenvalue weighted by molar-refractivity contribution is -0.145. The Balaban J connectivity index is 3.30. The molecule has 4 nitrogen and oxygen atoms in total. The molecule has 0 aliphatic rings. The Labute approximate surface area is 193 Å². The number of hydrogen-bond donors (Lipinski definition) is 0. The van der Waals surface area contributed by atoms with Gasteiger partial charge in [-0.15, -0.1) is 0 Å². The molecule has 184 valence electrons. The molecule has 0 rings (SSSR count). The molecule has 4 heteroatoms. The first-order valence-electron chi connectivity index (χ1n) is 13.4. The standard InChI is InChI=1S/C27H52O4/c1-4-6-18-22-30-26(28)21-17-15-13-11-9-8-10-12-14-16-20-25(3)24-27(29)31-23-19-7-5-2/h25H,4-24H2,1-3H3. The van der Waals surface area contributed by atoms with E-state index in [2.05, 4.69) is 20.8 Å². The van der Waals surface area contributed by atoms with E-state index < -0.39 is 0 Å². The van der Waals surface area contributed by atoms with Gasteiger partial charge in [-0.1, -0.05) is 111 Å². The van der Waals surface area contributed by atoms with E-state index >= 15 is 0 Å². The van der Waals surface area contributed by atoms with Crippen molar-refractivity contribution in [3.05, 3.63) is 0 Å². The maximum atomic E-state index is 11.8. The highest BCUT2D eigenvalue weighted by atomic mass is 16.5. The maximum Gasteiger partial charge on any atom is 0.306 e. The van der Waals surface area contributed by atoms with Gasteiger partial charge in [0.15, 0.2) is 0 Å². The maximum absolute atomic E-state index is 11.8. The van der Waals surface area contributed by atoms with Gasteiger partial charge in [-0.25, -0.2) is 0 Å². The van der Waals surface area contributed by atoms with E-state index in [0.717, 1.165) is 57.8 Å². The monoisotopic (exact) mass is 440 g/mol. The quantitative estimate of drug-likeness (QED) is 0.119. The molecular formula is C27H52O4. The van der Waals surface area contributed by atoms with E-state index in [1.54, 1.807) is 0 Å². The van der Waals surface area contributed by atoms with Crippen molar-refractivity contribution in [2.45, 2.75) is 143 Å². The van der Waals surface area contributed by atoms with Crippen molar-refractivity contribution < 1.29 is 19.1 Å². The predicted octanol–water partition coefficient (Wildman–Crippen LogP) is 8.16. The lowest BCUT2D eigenvalue weighted by Gasteiger charge is -2.11. The second-order valence-electron chi connectivity index (χ2n) is 9.24. The largest absolute Gasteiger partial charge is 0.466 e. The molecule has 0 aromatic rings. The molecule has 0 radical (unpaired) electrons. The van der Waals surface area contributed by atoms with Gasteiger partial charge in [0.05, 0.1) is 13.2 Å². The lowest BCUT2D eigenvalue weighted by Crippen LogP contribution is -2.10. The van der Waals surface area contributed by atoms with Gasteiger partial charge >= 0.3 is 11.9 Å². The summed E-state index contributed by atoms with van der Waals surface area (Å²) in [5.74, 6) is 0.397. The molecule has 0 spiro atoms. The fourth-order valence-corrected chi connectivity index (χ4v) is 3.77. The summed E-state index contributed by atoms with van der Waals surface area (Å²) >= 11 is 0. The normalized spacial score (nSPS) is 12.0. The van der Waals surface area contributed by atoms with Gasteiger partial charge in [0.2, 0.25) is 0 Å². The topological polar surface area (TPSA) is 52.6 Å². The zero-order chi connectivity index (χ0) is 23.0. The average molecular weight is 441 g/mol. The summed E-state index contributed by atoms with van der Waals surface area (Å²) in [5.41, 5.74) is 0. The number of hydrogen-bond acceptors (Lipinski definition) is 4. The molecule has 0 amide bonds. The van der Waals surface area contributed by atoms with Crippen LogP contribution in [-0.2, 0) is 19.1 Å². The summed E-state index contributed by atoms with van der Waals surface area (Å²) in [4.78, 5) is 23.3. The first kappa shape index (κ1) is 29.9. The molecule has 0 bridgehead atoms. The highest BCUT2D eigenvalue weighted by molar-refractivity contribution is 5.69. The summed E-state index contributed by atoms with van der Waals surface area (Å²) in [7, 11) is 0. The fraction of sp³-hybridized carbons (Fsp3) is 0.926. The number of rotatable bonds is 23. The van der Waals surface area contributed by atoms with Crippen LogP contribution in [0.3, 0.4) is 0 Å². The van der Waals surface area contributed by atoms with Gasteiger partial charge in [0, 0.05) is 12.8 Å². The molecule has 0 aliphatic carbocycles. The molecule has 1 atom stereocenters. The minimum absolute atomic E-state index is 0.0192. The fourth-order valence-electron chi connectivity index (χ4n) is 3.77. The van der Waals surface area contributed by atoms with Gasteiger partial charge in [0.1, 0.15) is 0 Å². The molecule has 0 aliphatic heterocycles. The van der Waals surface area contributed by atoms with Gasteiger partial charge < -0.3 is 9.47 Å². The highest BCUT2D eigenvalue weighted by Gasteiger charge is 2.10. The number of esters is 2. The van der Waals surface area contributed by atoms with Gasteiger partial charge in [-0.3, -0.25) is 9.59 Å². The molecule has 0 fully saturated rings. The zero-order valence-electron chi connectivity index (χ0n) is 21.1. The van der Waals surface area contributed by atoms with Crippen LogP contribution in [-0.4, -0.2) is 25.2 Å². The van der Waals surface area contributed by atoms with E-state index in [1.807, 2.05) is 0 Å². The Bertz CT molecular complexity index is 408. The van der Waals surface area contributed by atoms with Crippen molar-refractivity contribution in [3.8, 4) is 0 Å². The minimum atomic E-state index is -0.0209. The number of ether oxygens (including phenoxy) is 2. The van der Waals surface area contributed by atoms with E-state index in [9.17, 15) is 9.59 Å². The molecular weight excluding hydrogens is 388 g/mol. The third kappa shape index (κ3) is 23.4. The van der Waals surface area contributed by atoms with Crippen molar-refractivity contribution >= 4 is 11.9 Å². The van der Waals surface area contributed by atoms with Crippen molar-refractivity contribution in [2.24, 2.45) is 5.92 Å². The SMILES string of the molecule is CCCCCOC(=O)CCCCCCCCCCCCC(C)CC(=O)OCCCCC. The third-order valence-corrected chi connectivity index (χ3v) is 5.86. The average Bonchev–Trinajstić information content (AvgIpc) is 2.75. The Morgan fingerprint density at radius 1 is 0.581 bits per heavy atom. The van der Waals surface area contributed by atoms with Crippen molar-refractivity contribution in [3.63, 3.8) is 0 Å². The van der Waals surface area contributed by atoms with Crippen LogP contribution in [0.4, 0.5) is 0 Å². The van der Waals surface area contributed by atoms with Crippen LogP contribution < -0.4 is 0 Å². The van der Waals surface area contributed by atoms with E-state index in [0.29, 0.717) is 32.0 Å². The third-order valence-electron chi connectivity index (χ3n) is 5.86. The minimum Gasteiger partial charge on any atom is -0.466 e. The Morgan fingerprint density at radius 2 is 1.03 bits per heavy atom. The smallest absolute Gasteiger partial charge is 0.306 e. The Hall–Kier alpha value is -1.06. The molecule has 0 saturated carbocycles. The van der Waals surface area contributed by atoms with Crippen molar-refractivity contribution in [1.82, 2.24) is 0 Å². The van der Waals surface area contributed by atoms with Crippen molar-refractivity contribution in [1.29, 1.82) is 0 Å². The predicted molar refractivity (Wildman–Crippen MR) is 130 cm³/mol. The molecule has 0 N–H and O–H groups in total. The molecule has 1 unspecified atom stereocenters.